The Kier molecular flexibility index (Phi) is 3.46. The van der Waals surface area contributed by atoms with Gasteiger partial charge in [-0.2, -0.15) is 0 Å². The molecule has 0 amide bonds. The summed E-state index contributed by atoms with van der Waals surface area (Å²) in [5.74, 6) is -1.17. The number of halogens is 1. The lowest BCUT2D eigenvalue weighted by atomic mass is 10.0. The third-order valence-corrected chi connectivity index (χ3v) is 2.16. The molecule has 0 spiro atoms. The summed E-state index contributed by atoms with van der Waals surface area (Å²) in [7, 11) is 0. The van der Waals surface area contributed by atoms with Crippen molar-refractivity contribution >= 4 is 17.6 Å². The second kappa shape index (κ2) is 4.41. The Bertz CT molecular complexity index is 362. The van der Waals surface area contributed by atoms with Crippen molar-refractivity contribution < 1.29 is 20.1 Å². The molecule has 1 aromatic rings. The number of carboxylic acid groups (broad SMARTS) is 1. The van der Waals surface area contributed by atoms with E-state index >= 15 is 0 Å². The predicted molar refractivity (Wildman–Crippen MR) is 50.3 cm³/mol. The summed E-state index contributed by atoms with van der Waals surface area (Å²) in [5, 5.41) is 26.7. The van der Waals surface area contributed by atoms with Crippen LogP contribution in [0.4, 0.5) is 0 Å². The lowest BCUT2D eigenvalue weighted by Crippen LogP contribution is -2.04. The molecule has 0 saturated heterocycles. The molecule has 0 aliphatic rings. The SMILES string of the molecule is O=C(O)c1cc(CO)cc(Cl)c1CO. The largest absolute Gasteiger partial charge is 0.478 e. The van der Waals surface area contributed by atoms with E-state index in [0.717, 1.165) is 0 Å². The van der Waals surface area contributed by atoms with Gasteiger partial charge in [0.2, 0.25) is 0 Å². The zero-order valence-corrected chi connectivity index (χ0v) is 7.95. The number of benzene rings is 1. The third kappa shape index (κ3) is 2.04. The molecule has 0 aromatic heterocycles. The Morgan fingerprint density at radius 2 is 1.93 bits per heavy atom. The minimum absolute atomic E-state index is 0.0796. The van der Waals surface area contributed by atoms with Crippen molar-refractivity contribution in [3.63, 3.8) is 0 Å². The number of aliphatic hydroxyl groups is 2. The van der Waals surface area contributed by atoms with Crippen LogP contribution in [0.15, 0.2) is 12.1 Å². The van der Waals surface area contributed by atoms with Gasteiger partial charge in [0, 0.05) is 10.6 Å². The Morgan fingerprint density at radius 3 is 2.36 bits per heavy atom. The molecular weight excluding hydrogens is 208 g/mol. The molecule has 4 nitrogen and oxygen atoms in total. The number of hydrogen-bond acceptors (Lipinski definition) is 3. The van der Waals surface area contributed by atoms with E-state index in [0.29, 0.717) is 5.56 Å². The number of aliphatic hydroxyl groups excluding tert-OH is 2. The number of carbonyl (C=O) groups is 1. The Labute approximate surface area is 85.4 Å². The molecule has 0 atom stereocenters. The van der Waals surface area contributed by atoms with E-state index in [1.54, 1.807) is 0 Å². The molecule has 0 saturated carbocycles. The van der Waals surface area contributed by atoms with Gasteiger partial charge in [0.25, 0.3) is 0 Å². The van der Waals surface area contributed by atoms with Crippen LogP contribution in [0.2, 0.25) is 5.02 Å². The average Bonchev–Trinajstić information content (AvgIpc) is 2.16. The van der Waals surface area contributed by atoms with E-state index < -0.39 is 12.6 Å². The van der Waals surface area contributed by atoms with Crippen LogP contribution in [0.5, 0.6) is 0 Å². The van der Waals surface area contributed by atoms with Crippen molar-refractivity contribution in [2.75, 3.05) is 0 Å². The molecule has 0 radical (unpaired) electrons. The van der Waals surface area contributed by atoms with Crippen LogP contribution in [0.25, 0.3) is 0 Å². The first kappa shape index (κ1) is 11.0. The first-order chi connectivity index (χ1) is 6.60. The first-order valence-electron chi connectivity index (χ1n) is 3.86. The van der Waals surface area contributed by atoms with Crippen LogP contribution in [0.3, 0.4) is 0 Å². The van der Waals surface area contributed by atoms with Gasteiger partial charge >= 0.3 is 5.97 Å². The van der Waals surface area contributed by atoms with E-state index in [1.165, 1.54) is 12.1 Å². The Morgan fingerprint density at radius 1 is 1.29 bits per heavy atom. The lowest BCUT2D eigenvalue weighted by Gasteiger charge is -2.07. The number of aromatic carboxylic acids is 1. The average molecular weight is 217 g/mol. The summed E-state index contributed by atoms with van der Waals surface area (Å²) >= 11 is 5.72. The molecule has 0 aliphatic heterocycles. The highest BCUT2D eigenvalue weighted by Crippen LogP contribution is 2.22. The molecule has 0 heterocycles. The maximum absolute atomic E-state index is 10.7. The van der Waals surface area contributed by atoms with Crippen molar-refractivity contribution in [1.82, 2.24) is 0 Å². The summed E-state index contributed by atoms with van der Waals surface area (Å²) in [6.45, 7) is -0.724. The second-order valence-electron chi connectivity index (χ2n) is 2.73. The number of hydrogen-bond donors (Lipinski definition) is 3. The van der Waals surface area contributed by atoms with Crippen LogP contribution < -0.4 is 0 Å². The van der Waals surface area contributed by atoms with Crippen molar-refractivity contribution in [3.8, 4) is 0 Å². The first-order valence-corrected chi connectivity index (χ1v) is 4.24. The van der Waals surface area contributed by atoms with Crippen LogP contribution in [0, 0.1) is 0 Å². The predicted octanol–water partition coefficient (Wildman–Crippen LogP) is 1.02. The lowest BCUT2D eigenvalue weighted by molar-refractivity contribution is 0.0693. The van der Waals surface area contributed by atoms with Crippen LogP contribution in [0.1, 0.15) is 21.5 Å². The van der Waals surface area contributed by atoms with Gasteiger partial charge in [0.15, 0.2) is 0 Å². The minimum Gasteiger partial charge on any atom is -0.478 e. The Hall–Kier alpha value is -1.10. The second-order valence-corrected chi connectivity index (χ2v) is 3.13. The maximum atomic E-state index is 10.7. The molecule has 5 heteroatoms. The van der Waals surface area contributed by atoms with Crippen LogP contribution in [-0.2, 0) is 13.2 Å². The van der Waals surface area contributed by atoms with Crippen LogP contribution in [-0.4, -0.2) is 21.3 Å². The molecule has 14 heavy (non-hydrogen) atoms. The van der Waals surface area contributed by atoms with E-state index in [9.17, 15) is 4.79 Å². The summed E-state index contributed by atoms with van der Waals surface area (Å²) < 4.78 is 0. The highest BCUT2D eigenvalue weighted by molar-refractivity contribution is 6.31. The molecule has 0 unspecified atom stereocenters. The fraction of sp³-hybridized carbons (Fsp3) is 0.222. The Balaban J connectivity index is 3.35. The van der Waals surface area contributed by atoms with Crippen LogP contribution >= 0.6 is 11.6 Å². The van der Waals surface area contributed by atoms with Gasteiger partial charge in [0.05, 0.1) is 18.8 Å². The monoisotopic (exact) mass is 216 g/mol. The summed E-state index contributed by atoms with van der Waals surface area (Å²) in [6.07, 6.45) is 0. The standard InChI is InChI=1S/C9H9ClO4/c10-8-2-5(3-11)1-6(9(13)14)7(8)4-12/h1-2,11-12H,3-4H2,(H,13,14). The molecule has 1 rings (SSSR count). The van der Waals surface area contributed by atoms with Gasteiger partial charge in [-0.3, -0.25) is 0 Å². The van der Waals surface area contributed by atoms with Gasteiger partial charge in [0.1, 0.15) is 0 Å². The number of carboxylic acids is 1. The molecule has 0 fully saturated rings. The zero-order chi connectivity index (χ0) is 10.7. The van der Waals surface area contributed by atoms with E-state index in [1.807, 2.05) is 0 Å². The fourth-order valence-corrected chi connectivity index (χ4v) is 1.44. The number of rotatable bonds is 3. The highest BCUT2D eigenvalue weighted by Gasteiger charge is 2.14. The minimum atomic E-state index is -1.17. The fourth-order valence-electron chi connectivity index (χ4n) is 1.14. The van der Waals surface area contributed by atoms with Gasteiger partial charge < -0.3 is 15.3 Å². The normalized spacial score (nSPS) is 10.2. The molecule has 0 aliphatic carbocycles. The van der Waals surface area contributed by atoms with Crippen molar-refractivity contribution in [1.29, 1.82) is 0 Å². The van der Waals surface area contributed by atoms with Gasteiger partial charge in [-0.25, -0.2) is 4.79 Å². The molecule has 3 N–H and O–H groups in total. The van der Waals surface area contributed by atoms with Gasteiger partial charge in [-0.1, -0.05) is 11.6 Å². The van der Waals surface area contributed by atoms with E-state index in [-0.39, 0.29) is 22.8 Å². The zero-order valence-electron chi connectivity index (χ0n) is 7.20. The highest BCUT2D eigenvalue weighted by atomic mass is 35.5. The summed E-state index contributed by atoms with van der Waals surface area (Å²) in [4.78, 5) is 10.7. The smallest absolute Gasteiger partial charge is 0.336 e. The van der Waals surface area contributed by atoms with Crippen molar-refractivity contribution in [2.24, 2.45) is 0 Å². The third-order valence-electron chi connectivity index (χ3n) is 1.83. The quantitative estimate of drug-likeness (QED) is 0.705. The summed E-state index contributed by atoms with van der Waals surface area (Å²) in [5.41, 5.74) is 0.491. The topological polar surface area (TPSA) is 77.8 Å². The molecule has 0 bridgehead atoms. The maximum Gasteiger partial charge on any atom is 0.336 e. The van der Waals surface area contributed by atoms with E-state index in [2.05, 4.69) is 0 Å². The molecule has 1 aromatic carbocycles. The van der Waals surface area contributed by atoms with Gasteiger partial charge in [-0.15, -0.1) is 0 Å². The van der Waals surface area contributed by atoms with Gasteiger partial charge in [-0.05, 0) is 17.7 Å². The summed E-state index contributed by atoms with van der Waals surface area (Å²) in [6, 6.07) is 2.72. The molecule has 76 valence electrons. The van der Waals surface area contributed by atoms with Crippen molar-refractivity contribution in [3.05, 3.63) is 33.8 Å². The molecular formula is C9H9ClO4. The van der Waals surface area contributed by atoms with Crippen molar-refractivity contribution in [2.45, 2.75) is 13.2 Å². The van der Waals surface area contributed by atoms with E-state index in [4.69, 9.17) is 26.9 Å².